The Hall–Kier alpha value is -15.8. The molecule has 21 rings (SSSR count). The molecule has 0 bridgehead atoms. The molecule has 6 nitrogen and oxygen atoms in total. The van der Waals surface area contributed by atoms with Crippen LogP contribution in [0.1, 0.15) is 0 Å². The summed E-state index contributed by atoms with van der Waals surface area (Å²) in [5.41, 5.74) is 33.1. The molecule has 6 heteroatoms. The summed E-state index contributed by atoms with van der Waals surface area (Å²) in [6, 6.07) is 155. The van der Waals surface area contributed by atoms with E-state index in [0.717, 1.165) is 195 Å². The van der Waals surface area contributed by atoms with E-state index < -0.39 is 0 Å². The molecule has 0 aliphatic rings. The Balaban J connectivity index is 0.565. The van der Waals surface area contributed by atoms with Gasteiger partial charge in [-0.05, 0) is 183 Å². The molecule has 21 aromatic rings. The van der Waals surface area contributed by atoms with Gasteiger partial charge in [-0.1, -0.05) is 364 Å². The number of fused-ring (bicyclic) bond motifs is 6. The van der Waals surface area contributed by atoms with Crippen molar-refractivity contribution in [3.63, 3.8) is 0 Å². The lowest BCUT2D eigenvalue weighted by atomic mass is 9.92. The zero-order chi connectivity index (χ0) is 78.2. The van der Waals surface area contributed by atoms with Crippen LogP contribution in [0.5, 0.6) is 0 Å². The predicted octanol–water partition coefficient (Wildman–Crippen LogP) is 29.3. The van der Waals surface area contributed by atoms with Crippen LogP contribution in [-0.2, 0) is 0 Å². The third-order valence-corrected chi connectivity index (χ3v) is 22.7. The highest BCUT2D eigenvalue weighted by molar-refractivity contribution is 6.16. The van der Waals surface area contributed by atoms with Crippen molar-refractivity contribution < 1.29 is 0 Å². The lowest BCUT2D eigenvalue weighted by Crippen LogP contribution is -1.96. The Morgan fingerprint density at radius 2 is 0.390 bits per heavy atom. The van der Waals surface area contributed by atoms with Crippen LogP contribution >= 0.6 is 0 Å². The number of pyridine rings is 2. The third-order valence-electron chi connectivity index (χ3n) is 22.7. The molecular formula is C112H72N6. The first-order valence-electron chi connectivity index (χ1n) is 40.0. The highest BCUT2D eigenvalue weighted by atomic mass is 14.9. The molecule has 0 amide bonds. The Morgan fingerprint density at radius 3 is 0.797 bits per heavy atom. The van der Waals surface area contributed by atoms with E-state index >= 15 is 0 Å². The van der Waals surface area contributed by atoms with Gasteiger partial charge in [0.2, 0.25) is 0 Å². The molecule has 0 atom stereocenters. The molecule has 0 radical (unpaired) electrons. The minimum absolute atomic E-state index is 0.645. The monoisotopic (exact) mass is 1500 g/mol. The first-order chi connectivity index (χ1) is 58.4. The summed E-state index contributed by atoms with van der Waals surface area (Å²) < 4.78 is 0. The van der Waals surface area contributed by atoms with Crippen LogP contribution in [0.4, 0.5) is 0 Å². The van der Waals surface area contributed by atoms with Gasteiger partial charge in [-0.15, -0.1) is 0 Å². The predicted molar refractivity (Wildman–Crippen MR) is 490 cm³/mol. The maximum Gasteiger partial charge on any atom is 0.160 e. The van der Waals surface area contributed by atoms with Gasteiger partial charge in [0, 0.05) is 55.3 Å². The minimum Gasteiger partial charge on any atom is -0.248 e. The Bertz CT molecular complexity index is 7360. The van der Waals surface area contributed by atoms with Gasteiger partial charge in [-0.25, -0.2) is 29.9 Å². The lowest BCUT2D eigenvalue weighted by Gasteiger charge is -2.15. The highest BCUT2D eigenvalue weighted by Crippen LogP contribution is 2.43. The van der Waals surface area contributed by atoms with Gasteiger partial charge >= 0.3 is 0 Å². The van der Waals surface area contributed by atoms with Gasteiger partial charge in [-0.2, -0.15) is 0 Å². The van der Waals surface area contributed by atoms with E-state index in [1.54, 1.807) is 0 Å². The number of benzene rings is 17. The van der Waals surface area contributed by atoms with Crippen molar-refractivity contribution >= 4 is 43.4 Å². The fourth-order valence-corrected chi connectivity index (χ4v) is 16.6. The quantitative estimate of drug-likeness (QED) is 0.0897. The molecule has 0 N–H and O–H groups in total. The zero-order valence-electron chi connectivity index (χ0n) is 64.3. The molecule has 0 unspecified atom stereocenters. The standard InChI is InChI=1S/C112H72N6/c1-6-23-73(24-7-1)85-34-18-41-94(64-85)107-71-105(115-111(117-107)84-32-14-5-15-33-84)82-53-49-76(50-54-82)88-37-21-40-93(67-88)104-70-100(80-29-12-4-13-30-80)110-98-60-57-90(63-91(98)59-62-102(110)114-104)78-47-45-75(46-48-78)89-38-22-43-96(68-89)112-116-106(72-108(118-112)95-42-19-35-86(65-95)74-25-8-2-9-26-74)83-55-51-77(52-56-83)87-36-20-39-92(66-87)103-69-99(79-27-10-3-11-28-79)109-97-44-17-16-31-81(97)58-61-101(109)113-103/h1-72H. The van der Waals surface area contributed by atoms with Crippen molar-refractivity contribution in [2.24, 2.45) is 0 Å². The fraction of sp³-hybridized carbons (Fsp3) is 0. The topological polar surface area (TPSA) is 77.3 Å². The molecule has 0 fully saturated rings. The smallest absolute Gasteiger partial charge is 0.160 e. The van der Waals surface area contributed by atoms with Gasteiger partial charge in [0.05, 0.1) is 45.2 Å². The second-order valence-corrected chi connectivity index (χ2v) is 30.1. The molecule has 0 spiro atoms. The average Bonchev–Trinajstić information content (AvgIpc) is 0.756. The van der Waals surface area contributed by atoms with E-state index in [1.165, 1.54) is 16.3 Å². The van der Waals surface area contributed by atoms with Crippen LogP contribution in [0.2, 0.25) is 0 Å². The number of hydrogen-bond acceptors (Lipinski definition) is 6. The van der Waals surface area contributed by atoms with E-state index in [2.05, 4.69) is 413 Å². The summed E-state index contributed by atoms with van der Waals surface area (Å²) >= 11 is 0. The summed E-state index contributed by atoms with van der Waals surface area (Å²) in [4.78, 5) is 31.9. The molecule has 0 saturated carbocycles. The van der Waals surface area contributed by atoms with Crippen molar-refractivity contribution in [1.82, 2.24) is 29.9 Å². The third kappa shape index (κ3) is 13.9. The number of aromatic nitrogens is 6. The molecular weight excluding hydrogens is 1430 g/mol. The SMILES string of the molecule is c1ccc(-c2cccc(-c3cc(-c4ccc(-c5cccc(-c6cc(-c7ccccc7)c7c(ccc8cc(-c9ccc(-c%10cccc(-c%11nc(-c%12ccc(-c%13cccc(-c%14cc(-c%15ccccc%15)c%15c(ccc%16ccccc%16%15)n%14)c%13)cc%12)cc(-c%12cccc(-c%13ccccc%13)c%12)n%11)c%10)cc9)ccc87)n6)c5)cc4)nc(-c4ccccc4)n3)c2)cc1. The summed E-state index contributed by atoms with van der Waals surface area (Å²) in [6.07, 6.45) is 0. The summed E-state index contributed by atoms with van der Waals surface area (Å²) in [7, 11) is 0. The zero-order valence-corrected chi connectivity index (χ0v) is 64.3. The van der Waals surface area contributed by atoms with Gasteiger partial charge in [0.15, 0.2) is 11.6 Å². The first-order valence-corrected chi connectivity index (χ1v) is 40.0. The highest BCUT2D eigenvalue weighted by Gasteiger charge is 2.20. The van der Waals surface area contributed by atoms with Crippen LogP contribution in [0.25, 0.3) is 223 Å². The molecule has 4 aromatic heterocycles. The Morgan fingerprint density at radius 1 is 0.127 bits per heavy atom. The van der Waals surface area contributed by atoms with Crippen LogP contribution in [0, 0.1) is 0 Å². The maximum absolute atomic E-state index is 5.47. The van der Waals surface area contributed by atoms with Gasteiger partial charge in [-0.3, -0.25) is 0 Å². The van der Waals surface area contributed by atoms with Crippen molar-refractivity contribution in [3.05, 3.63) is 437 Å². The van der Waals surface area contributed by atoms with E-state index in [0.29, 0.717) is 11.6 Å². The lowest BCUT2D eigenvalue weighted by molar-refractivity contribution is 1.18. The molecule has 0 aliphatic heterocycles. The maximum atomic E-state index is 5.47. The van der Waals surface area contributed by atoms with Crippen LogP contribution in [-0.4, -0.2) is 29.9 Å². The number of rotatable bonds is 16. The molecule has 118 heavy (non-hydrogen) atoms. The van der Waals surface area contributed by atoms with E-state index in [-0.39, 0.29) is 0 Å². The van der Waals surface area contributed by atoms with Crippen molar-refractivity contribution in [3.8, 4) is 179 Å². The summed E-state index contributed by atoms with van der Waals surface area (Å²) in [5.74, 6) is 1.33. The van der Waals surface area contributed by atoms with E-state index in [4.69, 9.17) is 29.9 Å². The summed E-state index contributed by atoms with van der Waals surface area (Å²) in [5, 5.41) is 6.96. The van der Waals surface area contributed by atoms with Crippen molar-refractivity contribution in [2.45, 2.75) is 0 Å². The Kier molecular flexibility index (Phi) is 18.2. The van der Waals surface area contributed by atoms with Crippen molar-refractivity contribution in [2.75, 3.05) is 0 Å². The van der Waals surface area contributed by atoms with Crippen LogP contribution < -0.4 is 0 Å². The Labute approximate surface area is 684 Å². The molecule has 0 aliphatic carbocycles. The van der Waals surface area contributed by atoms with Gasteiger partial charge < -0.3 is 0 Å². The fourth-order valence-electron chi connectivity index (χ4n) is 16.6. The van der Waals surface area contributed by atoms with Gasteiger partial charge in [0.25, 0.3) is 0 Å². The second kappa shape index (κ2) is 30.6. The van der Waals surface area contributed by atoms with E-state index in [1.807, 2.05) is 24.3 Å². The average molecular weight is 1500 g/mol. The molecule has 0 saturated heterocycles. The van der Waals surface area contributed by atoms with Crippen molar-refractivity contribution in [1.29, 1.82) is 0 Å². The molecule has 550 valence electrons. The molecule has 17 aromatic carbocycles. The number of hydrogen-bond donors (Lipinski definition) is 0. The second-order valence-electron chi connectivity index (χ2n) is 30.1. The first kappa shape index (κ1) is 70.1. The van der Waals surface area contributed by atoms with Crippen LogP contribution in [0.15, 0.2) is 437 Å². The van der Waals surface area contributed by atoms with Crippen LogP contribution in [0.3, 0.4) is 0 Å². The normalized spacial score (nSPS) is 11.4. The largest absolute Gasteiger partial charge is 0.248 e. The molecule has 4 heterocycles. The number of nitrogens with zero attached hydrogens (tertiary/aromatic N) is 6. The van der Waals surface area contributed by atoms with E-state index in [9.17, 15) is 0 Å². The summed E-state index contributed by atoms with van der Waals surface area (Å²) in [6.45, 7) is 0. The van der Waals surface area contributed by atoms with Gasteiger partial charge in [0.1, 0.15) is 0 Å². The minimum atomic E-state index is 0.645.